The summed E-state index contributed by atoms with van der Waals surface area (Å²) in [6, 6.07) is 3.32. The van der Waals surface area contributed by atoms with Crippen molar-refractivity contribution in [2.45, 2.75) is 38.3 Å². The summed E-state index contributed by atoms with van der Waals surface area (Å²) in [6.45, 7) is 3.02. The van der Waals surface area contributed by atoms with Crippen LogP contribution in [0.1, 0.15) is 43.6 Å². The predicted octanol–water partition coefficient (Wildman–Crippen LogP) is 2.36. The molecule has 1 saturated heterocycles. The minimum absolute atomic E-state index is 0. The number of hydrogen-bond donors (Lipinski definition) is 2. The Bertz CT molecular complexity index is 566. The van der Waals surface area contributed by atoms with Crippen molar-refractivity contribution >= 4 is 5.91 Å². The van der Waals surface area contributed by atoms with Crippen LogP contribution < -0.4 is 5.48 Å². The summed E-state index contributed by atoms with van der Waals surface area (Å²) in [5, 5.41) is 8.68. The number of fused-ring (bicyclic) bond motifs is 1. The quantitative estimate of drug-likeness (QED) is 0.650. The zero-order valence-corrected chi connectivity index (χ0v) is 12.5. The standard InChI is InChI=1S/C16H21FN2O3.2H2/c17-15-9-12(16(20)18-21)8-11-3-5-19(10-14(11)15)13-2-1-6-22-7-4-13;;/h8-9,13,21H,1-7,10H2,(H,18,20);2*1H. The van der Waals surface area contributed by atoms with Crippen LogP contribution in [-0.2, 0) is 17.7 Å². The number of nitrogens with zero attached hydrogens (tertiary/aromatic N) is 1. The lowest BCUT2D eigenvalue weighted by Crippen LogP contribution is -2.40. The largest absolute Gasteiger partial charge is 0.381 e. The van der Waals surface area contributed by atoms with Crippen molar-refractivity contribution in [2.24, 2.45) is 0 Å². The van der Waals surface area contributed by atoms with Crippen LogP contribution >= 0.6 is 0 Å². The lowest BCUT2D eigenvalue weighted by Gasteiger charge is -2.35. The van der Waals surface area contributed by atoms with Gasteiger partial charge < -0.3 is 4.74 Å². The van der Waals surface area contributed by atoms with Gasteiger partial charge in [0.05, 0.1) is 0 Å². The van der Waals surface area contributed by atoms with Crippen molar-refractivity contribution in [1.29, 1.82) is 0 Å². The SMILES string of the molecule is O=C(NO)c1cc(F)c2c(c1)CCN(C1CCCOCC1)C2.[HH].[HH]. The van der Waals surface area contributed by atoms with Gasteiger partial charge in [-0.1, -0.05) is 0 Å². The second-order valence-electron chi connectivity index (χ2n) is 5.95. The van der Waals surface area contributed by atoms with E-state index < -0.39 is 5.91 Å². The summed E-state index contributed by atoms with van der Waals surface area (Å²) in [7, 11) is 0. The highest BCUT2D eigenvalue weighted by Crippen LogP contribution is 2.27. The summed E-state index contributed by atoms with van der Waals surface area (Å²) < 4.78 is 19.8. The van der Waals surface area contributed by atoms with Crippen LogP contribution in [0, 0.1) is 5.82 Å². The van der Waals surface area contributed by atoms with Crippen LogP contribution in [0.5, 0.6) is 0 Å². The van der Waals surface area contributed by atoms with E-state index >= 15 is 0 Å². The number of rotatable bonds is 2. The summed E-state index contributed by atoms with van der Waals surface area (Å²) in [5.74, 6) is -1.05. The van der Waals surface area contributed by atoms with E-state index in [4.69, 9.17) is 9.94 Å². The Labute approximate surface area is 132 Å². The first-order valence-electron chi connectivity index (χ1n) is 7.76. The van der Waals surface area contributed by atoms with E-state index in [0.717, 1.165) is 51.0 Å². The molecule has 0 bridgehead atoms. The van der Waals surface area contributed by atoms with Crippen LogP contribution in [0.15, 0.2) is 12.1 Å². The maximum atomic E-state index is 14.3. The molecule has 1 fully saturated rings. The van der Waals surface area contributed by atoms with Crippen LogP contribution in [0.2, 0.25) is 0 Å². The molecule has 1 atom stereocenters. The number of halogens is 1. The molecule has 0 aromatic heterocycles. The number of nitrogens with one attached hydrogen (secondary N) is 1. The van der Waals surface area contributed by atoms with Crippen molar-refractivity contribution in [3.8, 4) is 0 Å². The van der Waals surface area contributed by atoms with Crippen molar-refractivity contribution < 1.29 is 22.0 Å². The Hall–Kier alpha value is -1.50. The van der Waals surface area contributed by atoms with Crippen molar-refractivity contribution in [2.75, 3.05) is 19.8 Å². The molecule has 2 aliphatic heterocycles. The zero-order valence-electron chi connectivity index (χ0n) is 12.5. The van der Waals surface area contributed by atoms with Gasteiger partial charge in [0.15, 0.2) is 0 Å². The minimum atomic E-state index is -0.676. The molecule has 0 spiro atoms. The van der Waals surface area contributed by atoms with Gasteiger partial charge in [-0.15, -0.1) is 0 Å². The van der Waals surface area contributed by atoms with Gasteiger partial charge in [0.2, 0.25) is 0 Å². The molecular weight excluding hydrogens is 287 g/mol. The Morgan fingerprint density at radius 1 is 1.41 bits per heavy atom. The van der Waals surface area contributed by atoms with Gasteiger partial charge in [-0.25, -0.2) is 9.87 Å². The van der Waals surface area contributed by atoms with E-state index in [1.165, 1.54) is 6.07 Å². The first kappa shape index (κ1) is 15.4. The molecule has 2 N–H and O–H groups in total. The third-order valence-electron chi connectivity index (χ3n) is 4.62. The molecule has 0 saturated carbocycles. The Kier molecular flexibility index (Phi) is 4.71. The fourth-order valence-electron chi connectivity index (χ4n) is 3.40. The molecular formula is C16H25FN2O3. The normalized spacial score (nSPS) is 22.7. The maximum Gasteiger partial charge on any atom is 0.274 e. The van der Waals surface area contributed by atoms with Crippen LogP contribution in [0.4, 0.5) is 4.39 Å². The van der Waals surface area contributed by atoms with Gasteiger partial charge in [0.1, 0.15) is 5.82 Å². The third kappa shape index (κ3) is 3.14. The predicted molar refractivity (Wildman–Crippen MR) is 82.5 cm³/mol. The van der Waals surface area contributed by atoms with E-state index in [0.29, 0.717) is 18.2 Å². The molecule has 0 radical (unpaired) electrons. The molecule has 1 amide bonds. The molecule has 124 valence electrons. The fourth-order valence-corrected chi connectivity index (χ4v) is 3.40. The van der Waals surface area contributed by atoms with Crippen molar-refractivity contribution in [3.63, 3.8) is 0 Å². The van der Waals surface area contributed by atoms with Crippen LogP contribution in [0.25, 0.3) is 0 Å². The molecule has 1 unspecified atom stereocenters. The molecule has 1 aromatic carbocycles. The Morgan fingerprint density at radius 3 is 3.09 bits per heavy atom. The summed E-state index contributed by atoms with van der Waals surface area (Å²) in [5.41, 5.74) is 3.25. The van der Waals surface area contributed by atoms with Crippen molar-refractivity contribution in [3.05, 3.63) is 34.6 Å². The van der Waals surface area contributed by atoms with Gasteiger partial charge in [-0.05, 0) is 43.4 Å². The molecule has 6 heteroatoms. The topological polar surface area (TPSA) is 61.8 Å². The Morgan fingerprint density at radius 2 is 2.27 bits per heavy atom. The van der Waals surface area contributed by atoms with E-state index in [2.05, 4.69) is 4.90 Å². The van der Waals surface area contributed by atoms with E-state index in [9.17, 15) is 9.18 Å². The average molecular weight is 312 g/mol. The number of hydroxylamine groups is 1. The second-order valence-corrected chi connectivity index (χ2v) is 5.95. The lowest BCUT2D eigenvalue weighted by molar-refractivity contribution is 0.0705. The van der Waals surface area contributed by atoms with E-state index in [-0.39, 0.29) is 14.2 Å². The van der Waals surface area contributed by atoms with Gasteiger partial charge in [0, 0.05) is 46.3 Å². The van der Waals surface area contributed by atoms with Crippen LogP contribution in [0.3, 0.4) is 0 Å². The first-order chi connectivity index (χ1) is 10.7. The highest BCUT2D eigenvalue weighted by atomic mass is 19.1. The number of hydrogen-bond acceptors (Lipinski definition) is 4. The number of amides is 1. The highest BCUT2D eigenvalue weighted by molar-refractivity contribution is 5.93. The van der Waals surface area contributed by atoms with Crippen molar-refractivity contribution in [1.82, 2.24) is 10.4 Å². The molecule has 22 heavy (non-hydrogen) atoms. The highest BCUT2D eigenvalue weighted by Gasteiger charge is 2.27. The molecule has 2 heterocycles. The smallest absolute Gasteiger partial charge is 0.274 e. The van der Waals surface area contributed by atoms with Crippen LogP contribution in [-0.4, -0.2) is 41.8 Å². The first-order valence-corrected chi connectivity index (χ1v) is 7.76. The summed E-state index contributed by atoms with van der Waals surface area (Å²) in [6.07, 6.45) is 3.84. The lowest BCUT2D eigenvalue weighted by atomic mass is 9.94. The molecule has 5 nitrogen and oxygen atoms in total. The van der Waals surface area contributed by atoms with Gasteiger partial charge in [-0.3, -0.25) is 14.9 Å². The van der Waals surface area contributed by atoms with Gasteiger partial charge in [0.25, 0.3) is 5.91 Å². The monoisotopic (exact) mass is 312 g/mol. The Balaban J connectivity index is 0.00000144. The number of carbonyl (C=O) groups excluding carboxylic acids is 1. The average Bonchev–Trinajstić information content (AvgIpc) is 2.83. The summed E-state index contributed by atoms with van der Waals surface area (Å²) in [4.78, 5) is 13.8. The zero-order chi connectivity index (χ0) is 15.5. The van der Waals surface area contributed by atoms with E-state index in [1.807, 2.05) is 0 Å². The molecule has 0 aliphatic carbocycles. The van der Waals surface area contributed by atoms with Gasteiger partial charge >= 0.3 is 0 Å². The molecule has 2 aliphatic rings. The minimum Gasteiger partial charge on any atom is -0.381 e. The molecule has 1 aromatic rings. The van der Waals surface area contributed by atoms with Gasteiger partial charge in [-0.2, -0.15) is 0 Å². The summed E-state index contributed by atoms with van der Waals surface area (Å²) >= 11 is 0. The third-order valence-corrected chi connectivity index (χ3v) is 4.62. The molecule has 3 rings (SSSR count). The number of benzene rings is 1. The van der Waals surface area contributed by atoms with E-state index in [1.54, 1.807) is 11.5 Å². The second kappa shape index (κ2) is 6.73. The number of carbonyl (C=O) groups is 1. The fraction of sp³-hybridized carbons (Fsp3) is 0.562. The maximum absolute atomic E-state index is 14.3. The number of ether oxygens (including phenoxy) is 1.